The van der Waals surface area contributed by atoms with Crippen LogP contribution in [0.4, 0.5) is 0 Å². The number of aliphatic hydroxyl groups is 6. The molecule has 33 heteroatoms. The Morgan fingerprint density at radius 2 is 1.37 bits per heavy atom. The minimum absolute atomic E-state index is 0.0121. The number of ether oxygens (including phenoxy) is 2. The first-order valence-electron chi connectivity index (χ1n) is 33.2. The molecule has 4 heterocycles. The zero-order valence-corrected chi connectivity index (χ0v) is 57.5. The number of fused-ring (bicyclic) bond motifs is 2. The summed E-state index contributed by atoms with van der Waals surface area (Å²) < 4.78 is 20.5. The van der Waals surface area contributed by atoms with Crippen LogP contribution in [-0.2, 0) is 54.1 Å². The van der Waals surface area contributed by atoms with Crippen LogP contribution in [0, 0.1) is 11.8 Å². The van der Waals surface area contributed by atoms with E-state index in [9.17, 15) is 69.3 Å². The number of aliphatic hydroxyl groups excluding tert-OH is 6. The number of aromatic hydroxyl groups is 1. The number of β-amino-alcohol motifs (C(OH)–C–C–N with tert-alkyl or cyclic N) is 1. The van der Waals surface area contributed by atoms with Crippen LogP contribution in [0.3, 0.4) is 0 Å². The molecule has 0 radical (unpaired) electrons. The quantitative estimate of drug-likeness (QED) is 0.0152. The van der Waals surface area contributed by atoms with Crippen molar-refractivity contribution < 1.29 is 102 Å². The van der Waals surface area contributed by atoms with Crippen LogP contribution in [0.2, 0.25) is 0 Å². The molecule has 1 aromatic heterocycles. The summed E-state index contributed by atoms with van der Waals surface area (Å²) in [5, 5.41) is 117. The van der Waals surface area contributed by atoms with Crippen molar-refractivity contribution in [3.05, 3.63) is 77.9 Å². The largest absolute Gasteiger partial charge is 0.504 e. The zero-order chi connectivity index (χ0) is 71.9. The summed E-state index contributed by atoms with van der Waals surface area (Å²) in [4.78, 5) is 118. The smallest absolute Gasteiger partial charge is 0.261 e. The Morgan fingerprint density at radius 3 is 2.04 bits per heavy atom. The lowest BCUT2D eigenvalue weighted by molar-refractivity contribution is -0.433. The molecular weight excluding hydrogens is 1330 g/mol. The first-order chi connectivity index (χ1) is 47.4. The molecule has 7 rings (SSSR count). The highest BCUT2D eigenvalue weighted by Gasteiger charge is 2.50. The summed E-state index contributed by atoms with van der Waals surface area (Å²) in [6.45, 7) is 5.84. The summed E-state index contributed by atoms with van der Waals surface area (Å²) in [5.74, 6) is -9.62. The maximum absolute atomic E-state index is 15.1. The van der Waals surface area contributed by atoms with Crippen LogP contribution in [-0.4, -0.2) is 228 Å². The maximum Gasteiger partial charge on any atom is 0.261 e. The number of benzene rings is 3. The van der Waals surface area contributed by atoms with Gasteiger partial charge >= 0.3 is 0 Å². The highest BCUT2D eigenvalue weighted by molar-refractivity contribution is 7.90. The number of nitrogens with zero attached hydrogens (tertiary/aromatic N) is 4. The standard InChI is InChI=1S/C66H92N10O21S2/c1-6-7-11-14-36(2)57(84)67-26-25-49(81)54-66(91)76-34-37(3)56(83)55(76)62(89)68-33-43(78)31-46(69-58(85)40-16-18-41(19-17-40)63-73-74-64(98-63)42-20-22-45(23-21-42)94-28-13-10-8-9-12-27-93-5)59(86)70-52(38(4)77)65(90)75-35-44(79)32-47(75)60(87)71-53(61(88)72-54)50(82)29-39-15-24-48(80)51(30-39)95-99-97-96-92/h15-24,30,36-38,43-44,46-47,49-50,52-56,77-83,92H,6-14,25-29,31-35H2,1-5H3,(H,67,84)(H,68,89)(H,69,85)(H,70,86)(H,71,87)(H,72,88)/t36-,37+,38-,43-,44-,46-,47-,49+,50+,52-,53-,54-,55-,56-/m0/s1. The third-order valence-electron chi connectivity index (χ3n) is 17.5. The van der Waals surface area contributed by atoms with E-state index in [0.717, 1.165) is 86.3 Å². The molecule has 0 spiro atoms. The number of amides is 8. The average Bonchev–Trinajstić information content (AvgIpc) is 1.69. The Bertz CT molecular complexity index is 3320. The van der Waals surface area contributed by atoms with Gasteiger partial charge in [-0.1, -0.05) is 98.2 Å². The molecule has 544 valence electrons. The number of hydrogen-bond acceptors (Lipinski definition) is 25. The van der Waals surface area contributed by atoms with Gasteiger partial charge in [0.2, 0.25) is 41.4 Å². The van der Waals surface area contributed by atoms with E-state index in [1.54, 1.807) is 26.2 Å². The normalized spacial score (nSPS) is 24.0. The Morgan fingerprint density at radius 1 is 0.727 bits per heavy atom. The number of carbonyl (C=O) groups is 8. The third kappa shape index (κ3) is 22.4. The monoisotopic (exact) mass is 1420 g/mol. The number of phenolic OH excluding ortho intramolecular Hbond substituents is 1. The Kier molecular flexibility index (Phi) is 30.8. The number of carbonyl (C=O) groups excluding carboxylic acids is 8. The van der Waals surface area contributed by atoms with Gasteiger partial charge in [-0.05, 0) is 86.7 Å². The van der Waals surface area contributed by atoms with E-state index in [-0.39, 0.29) is 48.2 Å². The Hall–Kier alpha value is -7.67. The third-order valence-corrected chi connectivity index (χ3v) is 18.9. The lowest BCUT2D eigenvalue weighted by Gasteiger charge is -2.34. The van der Waals surface area contributed by atoms with Gasteiger partial charge in [-0.25, -0.2) is 5.26 Å². The second kappa shape index (κ2) is 38.8. The highest BCUT2D eigenvalue weighted by atomic mass is 32.2. The molecule has 14 N–H and O–H groups in total. The van der Waals surface area contributed by atoms with E-state index < -0.39 is 171 Å². The molecule has 8 amide bonds. The summed E-state index contributed by atoms with van der Waals surface area (Å²) in [5.41, 5.74) is 1.51. The van der Waals surface area contributed by atoms with Crippen molar-refractivity contribution in [2.24, 2.45) is 11.8 Å². The molecule has 14 atom stereocenters. The predicted molar refractivity (Wildman–Crippen MR) is 358 cm³/mol. The molecule has 3 saturated heterocycles. The number of methoxy groups -OCH3 is 1. The van der Waals surface area contributed by atoms with Crippen LogP contribution >= 0.6 is 23.7 Å². The lowest BCUT2D eigenvalue weighted by atomic mass is 9.98. The first kappa shape index (κ1) is 78.7. The van der Waals surface area contributed by atoms with Crippen molar-refractivity contribution in [2.75, 3.05) is 46.5 Å². The van der Waals surface area contributed by atoms with Crippen LogP contribution in [0.15, 0.2) is 66.7 Å². The van der Waals surface area contributed by atoms with E-state index in [1.807, 2.05) is 31.2 Å². The maximum atomic E-state index is 15.1. The SMILES string of the molecule is CCCCC[C@H](C)C(=O)NCC[C@@H](O)[C@@H]1NC(=O)[C@H]([C@H](O)Cc2ccc(O)c(OSOOO)c2)NC(=O)[C@@H]2C[C@H](O)CN2C(=O)[C@H]([C@H](C)O)NC(=O)[C@@H](NC(=O)c2ccc(-c3nnc(-c4ccc(OCCCCCCCOC)cc4)s3)cc2)C[C@H](O)CNC(=O)[C@@H]2[C@@H](O)[C@H](C)CN2C1=O. The molecule has 0 bridgehead atoms. The van der Waals surface area contributed by atoms with Crippen molar-refractivity contribution in [3.8, 4) is 38.4 Å². The molecule has 3 aromatic carbocycles. The molecule has 3 aliphatic heterocycles. The van der Waals surface area contributed by atoms with Crippen LogP contribution < -0.4 is 40.8 Å². The van der Waals surface area contributed by atoms with Crippen molar-refractivity contribution in [2.45, 2.75) is 184 Å². The highest BCUT2D eigenvalue weighted by Crippen LogP contribution is 2.34. The van der Waals surface area contributed by atoms with Gasteiger partial charge in [0, 0.05) is 87.7 Å². The Labute approximate surface area is 581 Å². The molecule has 31 nitrogen and oxygen atoms in total. The number of unbranched alkanes of at least 4 members (excludes halogenated alkanes) is 6. The van der Waals surface area contributed by atoms with Crippen LogP contribution in [0.25, 0.3) is 21.1 Å². The van der Waals surface area contributed by atoms with Crippen molar-refractivity contribution in [1.29, 1.82) is 0 Å². The molecule has 0 unspecified atom stereocenters. The van der Waals surface area contributed by atoms with Crippen molar-refractivity contribution >= 4 is 70.9 Å². The minimum Gasteiger partial charge on any atom is -0.504 e. The average molecular weight is 1430 g/mol. The van der Waals surface area contributed by atoms with E-state index in [1.165, 1.54) is 42.5 Å². The minimum atomic E-state index is -2.16. The summed E-state index contributed by atoms with van der Waals surface area (Å²) in [6.07, 6.45) is -4.29. The van der Waals surface area contributed by atoms with Gasteiger partial charge in [0.05, 0.1) is 43.2 Å². The molecule has 3 aliphatic rings. The van der Waals surface area contributed by atoms with E-state index in [4.69, 9.17) is 18.9 Å². The van der Waals surface area contributed by atoms with Gasteiger partial charge in [0.1, 0.15) is 52.0 Å². The fraction of sp³-hybridized carbons (Fsp3) is 0.576. The number of nitrogens with one attached hydrogen (secondary N) is 6. The second-order valence-electron chi connectivity index (χ2n) is 25.2. The Balaban J connectivity index is 1.17. The van der Waals surface area contributed by atoms with Crippen LogP contribution in [0.5, 0.6) is 17.2 Å². The molecule has 3 fully saturated rings. The topological polar surface area (TPSA) is 449 Å². The number of hydrogen-bond donors (Lipinski definition) is 14. The van der Waals surface area contributed by atoms with Gasteiger partial charge in [-0.2, -0.15) is 0 Å². The van der Waals surface area contributed by atoms with E-state index >= 15 is 4.79 Å². The van der Waals surface area contributed by atoms with E-state index in [2.05, 4.69) is 51.5 Å². The van der Waals surface area contributed by atoms with Gasteiger partial charge in [0.15, 0.2) is 11.5 Å². The number of aromatic nitrogens is 2. The zero-order valence-electron chi connectivity index (χ0n) is 55.9. The fourth-order valence-electron chi connectivity index (χ4n) is 11.8. The van der Waals surface area contributed by atoms with Crippen molar-refractivity contribution in [3.63, 3.8) is 0 Å². The van der Waals surface area contributed by atoms with E-state index in [0.29, 0.717) is 34.4 Å². The number of phenols is 1. The number of rotatable bonds is 30. The van der Waals surface area contributed by atoms with Crippen molar-refractivity contribution in [1.82, 2.24) is 51.9 Å². The molecule has 0 saturated carbocycles. The summed E-state index contributed by atoms with van der Waals surface area (Å²) in [7, 11) is 1.70. The molecule has 99 heavy (non-hydrogen) atoms. The molecular formula is C66H92N10O21S2. The van der Waals surface area contributed by atoms with Gasteiger partial charge in [0.25, 0.3) is 18.2 Å². The first-order valence-corrected chi connectivity index (χ1v) is 34.7. The molecule has 4 aromatic rings. The van der Waals surface area contributed by atoms with Crippen LogP contribution in [0.1, 0.15) is 121 Å². The second-order valence-corrected chi connectivity index (χ2v) is 26.6. The predicted octanol–water partition coefficient (Wildman–Crippen LogP) is 1.59. The fourth-order valence-corrected chi connectivity index (χ4v) is 12.9. The van der Waals surface area contributed by atoms with Gasteiger partial charge in [-0.15, -0.1) is 10.2 Å². The molecule has 0 aliphatic carbocycles. The lowest BCUT2D eigenvalue weighted by Crippen LogP contribution is -2.64. The summed E-state index contributed by atoms with van der Waals surface area (Å²) in [6, 6.07) is 5.74. The summed E-state index contributed by atoms with van der Waals surface area (Å²) >= 11 is 1.37. The van der Waals surface area contributed by atoms with Gasteiger partial charge < -0.3 is 91.1 Å². The van der Waals surface area contributed by atoms with Gasteiger partial charge in [-0.3, -0.25) is 38.4 Å².